The summed E-state index contributed by atoms with van der Waals surface area (Å²) in [6.07, 6.45) is 6.87. The first-order valence-corrected chi connectivity index (χ1v) is 6.61. The number of rotatable bonds is 4. The summed E-state index contributed by atoms with van der Waals surface area (Å²) in [5.74, 6) is -0.358. The topological polar surface area (TPSA) is 36.9 Å². The normalized spacial score (nSPS) is 38.5. The third kappa shape index (κ3) is 3.41. The molecule has 1 spiro atoms. The van der Waals surface area contributed by atoms with E-state index in [0.717, 1.165) is 38.5 Å². The van der Waals surface area contributed by atoms with Crippen molar-refractivity contribution in [2.45, 2.75) is 56.5 Å². The van der Waals surface area contributed by atoms with Gasteiger partial charge in [-0.15, -0.1) is 0 Å². The van der Waals surface area contributed by atoms with Gasteiger partial charge in [-0.3, -0.25) is 0 Å². The Balaban J connectivity index is 1.92. The van der Waals surface area contributed by atoms with Gasteiger partial charge in [-0.05, 0) is 25.7 Å². The Hall–Kier alpha value is -0.160. The van der Waals surface area contributed by atoms with Crippen LogP contribution in [0.15, 0.2) is 0 Å². The van der Waals surface area contributed by atoms with E-state index >= 15 is 0 Å². The second-order valence-corrected chi connectivity index (χ2v) is 5.09. The summed E-state index contributed by atoms with van der Waals surface area (Å²) in [5.41, 5.74) is 0. The highest BCUT2D eigenvalue weighted by atomic mass is 16.7. The molecule has 2 atom stereocenters. The van der Waals surface area contributed by atoms with E-state index < -0.39 is 0 Å². The molecule has 2 heterocycles. The lowest BCUT2D eigenvalue weighted by molar-refractivity contribution is -0.321. The van der Waals surface area contributed by atoms with E-state index in [9.17, 15) is 0 Å². The van der Waals surface area contributed by atoms with Crippen molar-refractivity contribution in [1.82, 2.24) is 0 Å². The van der Waals surface area contributed by atoms with E-state index in [1.165, 1.54) is 0 Å². The first-order valence-electron chi connectivity index (χ1n) is 6.61. The molecule has 0 radical (unpaired) electrons. The quantitative estimate of drug-likeness (QED) is 0.759. The maximum atomic E-state index is 6.13. The van der Waals surface area contributed by atoms with Crippen molar-refractivity contribution in [3.63, 3.8) is 0 Å². The van der Waals surface area contributed by atoms with Gasteiger partial charge in [0.05, 0.1) is 25.4 Å². The standard InChI is InChI=1S/C13H24O4/c1-14-9-11-5-3-7-13(16-11)8-4-6-12(17-13)10-15-2/h11-12H,3-10H2,1-2H3. The van der Waals surface area contributed by atoms with Crippen LogP contribution >= 0.6 is 0 Å². The van der Waals surface area contributed by atoms with Gasteiger partial charge in [0.2, 0.25) is 0 Å². The van der Waals surface area contributed by atoms with Crippen LogP contribution in [0.4, 0.5) is 0 Å². The fourth-order valence-electron chi connectivity index (χ4n) is 2.92. The van der Waals surface area contributed by atoms with E-state index in [4.69, 9.17) is 18.9 Å². The average Bonchev–Trinajstić information content (AvgIpc) is 2.30. The van der Waals surface area contributed by atoms with Crippen molar-refractivity contribution < 1.29 is 18.9 Å². The van der Waals surface area contributed by atoms with Crippen LogP contribution < -0.4 is 0 Å². The first kappa shape index (κ1) is 13.3. The summed E-state index contributed by atoms with van der Waals surface area (Å²) in [7, 11) is 3.44. The van der Waals surface area contributed by atoms with Crippen LogP contribution in [0.2, 0.25) is 0 Å². The highest BCUT2D eigenvalue weighted by Gasteiger charge is 2.42. The number of hydrogen-bond donors (Lipinski definition) is 0. The van der Waals surface area contributed by atoms with Gasteiger partial charge in [0.15, 0.2) is 5.79 Å². The monoisotopic (exact) mass is 244 g/mol. The molecular formula is C13H24O4. The minimum atomic E-state index is -0.358. The zero-order valence-corrected chi connectivity index (χ0v) is 10.9. The molecule has 2 aliphatic heterocycles. The number of ether oxygens (including phenoxy) is 4. The zero-order valence-electron chi connectivity index (χ0n) is 10.9. The predicted molar refractivity (Wildman–Crippen MR) is 63.9 cm³/mol. The van der Waals surface area contributed by atoms with Gasteiger partial charge in [0.25, 0.3) is 0 Å². The summed E-state index contributed by atoms with van der Waals surface area (Å²) in [5, 5.41) is 0. The lowest BCUT2D eigenvalue weighted by atomic mass is 9.93. The second-order valence-electron chi connectivity index (χ2n) is 5.09. The molecule has 0 bridgehead atoms. The predicted octanol–water partition coefficient (Wildman–Crippen LogP) is 2.11. The number of hydrogen-bond acceptors (Lipinski definition) is 4. The maximum Gasteiger partial charge on any atom is 0.169 e. The molecule has 17 heavy (non-hydrogen) atoms. The Kier molecular flexibility index (Phi) is 4.79. The molecule has 0 aromatic carbocycles. The van der Waals surface area contributed by atoms with Crippen molar-refractivity contribution in [2.24, 2.45) is 0 Å². The van der Waals surface area contributed by atoms with Crippen LogP contribution in [0.1, 0.15) is 38.5 Å². The van der Waals surface area contributed by atoms with Crippen LogP contribution in [0.25, 0.3) is 0 Å². The van der Waals surface area contributed by atoms with Gasteiger partial charge in [-0.1, -0.05) is 0 Å². The van der Waals surface area contributed by atoms with Gasteiger partial charge in [0, 0.05) is 27.1 Å². The van der Waals surface area contributed by atoms with E-state index in [-0.39, 0.29) is 18.0 Å². The van der Waals surface area contributed by atoms with Crippen molar-refractivity contribution in [2.75, 3.05) is 27.4 Å². The van der Waals surface area contributed by atoms with E-state index in [1.807, 2.05) is 0 Å². The Morgan fingerprint density at radius 1 is 0.941 bits per heavy atom. The number of methoxy groups -OCH3 is 2. The Morgan fingerprint density at radius 3 is 1.82 bits per heavy atom. The molecule has 4 nitrogen and oxygen atoms in total. The molecule has 2 fully saturated rings. The zero-order chi connectivity index (χ0) is 12.1. The molecule has 4 heteroatoms. The maximum absolute atomic E-state index is 6.13. The van der Waals surface area contributed by atoms with E-state index in [2.05, 4.69) is 0 Å². The van der Waals surface area contributed by atoms with Crippen LogP contribution in [-0.4, -0.2) is 45.4 Å². The third-order valence-corrected chi connectivity index (χ3v) is 3.64. The molecule has 2 saturated heterocycles. The molecule has 2 rings (SSSR count). The lowest BCUT2D eigenvalue weighted by Gasteiger charge is -2.45. The lowest BCUT2D eigenvalue weighted by Crippen LogP contribution is -2.49. The highest BCUT2D eigenvalue weighted by molar-refractivity contribution is 4.83. The molecule has 0 aromatic rings. The van der Waals surface area contributed by atoms with Crippen LogP contribution in [0, 0.1) is 0 Å². The van der Waals surface area contributed by atoms with Crippen LogP contribution in [0.5, 0.6) is 0 Å². The summed E-state index contributed by atoms with van der Waals surface area (Å²) in [4.78, 5) is 0. The van der Waals surface area contributed by atoms with Gasteiger partial charge in [0.1, 0.15) is 0 Å². The van der Waals surface area contributed by atoms with Gasteiger partial charge in [-0.2, -0.15) is 0 Å². The molecule has 0 N–H and O–H groups in total. The van der Waals surface area contributed by atoms with Crippen LogP contribution in [-0.2, 0) is 18.9 Å². The van der Waals surface area contributed by atoms with Gasteiger partial charge in [-0.25, -0.2) is 0 Å². The summed E-state index contributed by atoms with van der Waals surface area (Å²) in [6.45, 7) is 1.33. The molecule has 0 aromatic heterocycles. The largest absolute Gasteiger partial charge is 0.382 e. The fraction of sp³-hybridized carbons (Fsp3) is 1.00. The molecule has 2 unspecified atom stereocenters. The minimum absolute atomic E-state index is 0.190. The summed E-state index contributed by atoms with van der Waals surface area (Å²) >= 11 is 0. The summed E-state index contributed by atoms with van der Waals surface area (Å²) in [6, 6.07) is 0. The van der Waals surface area contributed by atoms with Crippen molar-refractivity contribution in [1.29, 1.82) is 0 Å². The Bertz CT molecular complexity index is 203. The van der Waals surface area contributed by atoms with E-state index in [1.54, 1.807) is 14.2 Å². The highest BCUT2D eigenvalue weighted by Crippen LogP contribution is 2.39. The average molecular weight is 244 g/mol. The SMILES string of the molecule is COCC1CCCC2(CCCC(COC)O2)O1. The van der Waals surface area contributed by atoms with Crippen molar-refractivity contribution >= 4 is 0 Å². The smallest absolute Gasteiger partial charge is 0.169 e. The van der Waals surface area contributed by atoms with Gasteiger partial charge < -0.3 is 18.9 Å². The fourth-order valence-corrected chi connectivity index (χ4v) is 2.92. The molecule has 0 saturated carbocycles. The van der Waals surface area contributed by atoms with Crippen molar-refractivity contribution in [3.05, 3.63) is 0 Å². The Morgan fingerprint density at radius 2 is 1.41 bits per heavy atom. The minimum Gasteiger partial charge on any atom is -0.382 e. The third-order valence-electron chi connectivity index (χ3n) is 3.64. The Labute approximate surface area is 104 Å². The molecular weight excluding hydrogens is 220 g/mol. The molecule has 2 aliphatic rings. The first-order chi connectivity index (χ1) is 8.28. The van der Waals surface area contributed by atoms with Gasteiger partial charge >= 0.3 is 0 Å². The summed E-state index contributed by atoms with van der Waals surface area (Å²) < 4.78 is 22.6. The molecule has 0 aliphatic carbocycles. The van der Waals surface area contributed by atoms with Crippen LogP contribution in [0.3, 0.4) is 0 Å². The molecule has 0 amide bonds. The molecule has 100 valence electrons. The second kappa shape index (κ2) is 6.14. The van der Waals surface area contributed by atoms with E-state index in [0.29, 0.717) is 13.2 Å². The van der Waals surface area contributed by atoms with Crippen molar-refractivity contribution in [3.8, 4) is 0 Å².